The van der Waals surface area contributed by atoms with Crippen LogP contribution < -0.4 is 5.32 Å². The quantitative estimate of drug-likeness (QED) is 0.686. The summed E-state index contributed by atoms with van der Waals surface area (Å²) in [7, 11) is 0. The second-order valence-corrected chi connectivity index (χ2v) is 6.60. The monoisotopic (exact) mass is 291 g/mol. The van der Waals surface area contributed by atoms with Crippen molar-refractivity contribution in [2.45, 2.75) is 43.4 Å². The Balaban J connectivity index is 1.53. The predicted octanol–water partition coefficient (Wildman–Crippen LogP) is 2.47. The Bertz CT molecular complexity index is 580. The minimum atomic E-state index is 0.219. The van der Waals surface area contributed by atoms with E-state index in [0.717, 1.165) is 28.4 Å². The first-order chi connectivity index (χ1) is 9.74. The van der Waals surface area contributed by atoms with Gasteiger partial charge in [-0.15, -0.1) is 0 Å². The number of aliphatic hydroxyl groups excluding tert-OH is 1. The van der Waals surface area contributed by atoms with Gasteiger partial charge < -0.3 is 15.4 Å². The van der Waals surface area contributed by atoms with Gasteiger partial charge in [0.05, 0.1) is 17.6 Å². The number of hydrogen-bond donors (Lipinski definition) is 3. The lowest BCUT2D eigenvalue weighted by atomic mass is 10.2. The summed E-state index contributed by atoms with van der Waals surface area (Å²) in [5, 5.41) is 13.8. The van der Waals surface area contributed by atoms with Crippen LogP contribution in [0.3, 0.4) is 0 Å². The molecule has 1 saturated carbocycles. The molecule has 2 aromatic rings. The molecule has 0 radical (unpaired) electrons. The van der Waals surface area contributed by atoms with E-state index in [1.807, 2.05) is 0 Å². The molecule has 108 valence electrons. The lowest BCUT2D eigenvalue weighted by Gasteiger charge is -2.14. The third kappa shape index (κ3) is 3.53. The maximum Gasteiger partial charge on any atom is 0.166 e. The van der Waals surface area contributed by atoms with Gasteiger partial charge in [0.25, 0.3) is 0 Å². The first-order valence-corrected chi connectivity index (χ1v) is 8.19. The first-order valence-electron chi connectivity index (χ1n) is 7.20. The average molecular weight is 291 g/mol. The first kappa shape index (κ1) is 13.9. The van der Waals surface area contributed by atoms with Crippen molar-refractivity contribution in [3.8, 4) is 0 Å². The van der Waals surface area contributed by atoms with Crippen LogP contribution in [-0.4, -0.2) is 39.5 Å². The number of aryl methyl sites for hydroxylation is 1. The molecule has 0 spiro atoms. The largest absolute Gasteiger partial charge is 0.395 e. The number of nitrogens with zero attached hydrogens (tertiary/aromatic N) is 1. The average Bonchev–Trinajstić information content (AvgIpc) is 3.16. The van der Waals surface area contributed by atoms with Crippen molar-refractivity contribution >= 4 is 22.8 Å². The summed E-state index contributed by atoms with van der Waals surface area (Å²) in [6, 6.07) is 7.13. The highest BCUT2D eigenvalue weighted by atomic mass is 32.2. The van der Waals surface area contributed by atoms with E-state index in [1.54, 1.807) is 11.8 Å². The summed E-state index contributed by atoms with van der Waals surface area (Å²) in [5.41, 5.74) is 3.36. The highest BCUT2D eigenvalue weighted by Gasteiger charge is 2.23. The summed E-state index contributed by atoms with van der Waals surface area (Å²) in [5.74, 6) is 0.962. The Morgan fingerprint density at radius 1 is 1.50 bits per heavy atom. The molecule has 1 atom stereocenters. The number of thioether (sulfide) groups is 1. The standard InChI is InChI=1S/C15H21N3OS/c1-10-2-5-13-14(8-10)18-15(17-13)20-7-6-12(9-19)16-11-3-4-11/h2,5,8,11-12,16,19H,3-4,6-7,9H2,1H3,(H,17,18). The summed E-state index contributed by atoms with van der Waals surface area (Å²) >= 11 is 1.73. The molecule has 1 fully saturated rings. The van der Waals surface area contributed by atoms with Crippen LogP contribution in [-0.2, 0) is 0 Å². The Morgan fingerprint density at radius 3 is 3.10 bits per heavy atom. The fraction of sp³-hybridized carbons (Fsp3) is 0.533. The second kappa shape index (κ2) is 6.16. The van der Waals surface area contributed by atoms with E-state index in [-0.39, 0.29) is 12.6 Å². The molecule has 4 nitrogen and oxygen atoms in total. The van der Waals surface area contributed by atoms with Crippen molar-refractivity contribution in [3.63, 3.8) is 0 Å². The number of aliphatic hydroxyl groups is 1. The predicted molar refractivity (Wildman–Crippen MR) is 83.2 cm³/mol. The molecule has 1 unspecified atom stereocenters. The summed E-state index contributed by atoms with van der Waals surface area (Å²) < 4.78 is 0. The minimum Gasteiger partial charge on any atom is -0.395 e. The number of nitrogens with one attached hydrogen (secondary N) is 2. The molecule has 20 heavy (non-hydrogen) atoms. The Kier molecular flexibility index (Phi) is 4.29. The van der Waals surface area contributed by atoms with Crippen LogP contribution in [0.4, 0.5) is 0 Å². The molecule has 1 aliphatic rings. The molecule has 3 rings (SSSR count). The van der Waals surface area contributed by atoms with E-state index in [4.69, 9.17) is 0 Å². The molecule has 3 N–H and O–H groups in total. The summed E-state index contributed by atoms with van der Waals surface area (Å²) in [4.78, 5) is 7.92. The number of hydrogen-bond acceptors (Lipinski definition) is 4. The molecule has 0 bridgehead atoms. The van der Waals surface area contributed by atoms with Gasteiger partial charge in [0, 0.05) is 17.8 Å². The van der Waals surface area contributed by atoms with Crippen LogP contribution in [0.2, 0.25) is 0 Å². The van der Waals surface area contributed by atoms with Crippen molar-refractivity contribution in [1.82, 2.24) is 15.3 Å². The maximum absolute atomic E-state index is 9.35. The van der Waals surface area contributed by atoms with Gasteiger partial charge in [-0.25, -0.2) is 4.98 Å². The molecule has 0 amide bonds. The molecular weight excluding hydrogens is 270 g/mol. The van der Waals surface area contributed by atoms with Crippen LogP contribution in [0.25, 0.3) is 11.0 Å². The SMILES string of the molecule is Cc1ccc2nc(SCCC(CO)NC3CC3)[nH]c2c1. The van der Waals surface area contributed by atoms with Crippen LogP contribution in [0, 0.1) is 6.92 Å². The van der Waals surface area contributed by atoms with Gasteiger partial charge in [0.15, 0.2) is 5.16 Å². The van der Waals surface area contributed by atoms with Gasteiger partial charge in [-0.3, -0.25) is 0 Å². The fourth-order valence-electron chi connectivity index (χ4n) is 2.28. The zero-order valence-corrected chi connectivity index (χ0v) is 12.5. The topological polar surface area (TPSA) is 60.9 Å². The number of fused-ring (bicyclic) bond motifs is 1. The van der Waals surface area contributed by atoms with E-state index in [0.29, 0.717) is 6.04 Å². The summed E-state index contributed by atoms with van der Waals surface area (Å²) in [6.45, 7) is 2.30. The number of aromatic amines is 1. The number of benzene rings is 1. The van der Waals surface area contributed by atoms with Crippen LogP contribution >= 0.6 is 11.8 Å². The van der Waals surface area contributed by atoms with Gasteiger partial charge >= 0.3 is 0 Å². The van der Waals surface area contributed by atoms with Gasteiger partial charge in [-0.05, 0) is 43.9 Å². The highest BCUT2D eigenvalue weighted by Crippen LogP contribution is 2.23. The van der Waals surface area contributed by atoms with Crippen molar-refractivity contribution in [2.75, 3.05) is 12.4 Å². The molecule has 5 heteroatoms. The summed E-state index contributed by atoms with van der Waals surface area (Å²) in [6.07, 6.45) is 3.48. The number of aromatic nitrogens is 2. The molecule has 1 aliphatic carbocycles. The Labute approximate surface area is 123 Å². The van der Waals surface area contributed by atoms with Crippen molar-refractivity contribution < 1.29 is 5.11 Å². The van der Waals surface area contributed by atoms with Crippen molar-refractivity contribution in [3.05, 3.63) is 23.8 Å². The lowest BCUT2D eigenvalue weighted by molar-refractivity contribution is 0.238. The van der Waals surface area contributed by atoms with E-state index < -0.39 is 0 Å². The smallest absolute Gasteiger partial charge is 0.166 e. The lowest BCUT2D eigenvalue weighted by Crippen LogP contribution is -2.34. The third-order valence-electron chi connectivity index (χ3n) is 3.59. The van der Waals surface area contributed by atoms with Gasteiger partial charge in [-0.2, -0.15) is 0 Å². The normalized spacial score (nSPS) is 16.7. The van der Waals surface area contributed by atoms with Crippen molar-refractivity contribution in [2.24, 2.45) is 0 Å². The third-order valence-corrected chi connectivity index (χ3v) is 4.50. The Hall–Kier alpha value is -1.04. The molecular formula is C15H21N3OS. The molecule has 0 saturated heterocycles. The van der Waals surface area contributed by atoms with Gasteiger partial charge in [0.2, 0.25) is 0 Å². The number of imidazole rings is 1. The van der Waals surface area contributed by atoms with E-state index in [9.17, 15) is 5.11 Å². The fourth-order valence-corrected chi connectivity index (χ4v) is 3.22. The van der Waals surface area contributed by atoms with Crippen LogP contribution in [0.5, 0.6) is 0 Å². The molecule has 0 aliphatic heterocycles. The Morgan fingerprint density at radius 2 is 2.35 bits per heavy atom. The highest BCUT2D eigenvalue weighted by molar-refractivity contribution is 7.99. The second-order valence-electron chi connectivity index (χ2n) is 5.52. The van der Waals surface area contributed by atoms with E-state index in [1.165, 1.54) is 18.4 Å². The number of H-pyrrole nitrogens is 1. The van der Waals surface area contributed by atoms with Gasteiger partial charge in [-0.1, -0.05) is 17.8 Å². The molecule has 1 heterocycles. The van der Waals surface area contributed by atoms with Gasteiger partial charge in [0.1, 0.15) is 0 Å². The van der Waals surface area contributed by atoms with Crippen molar-refractivity contribution in [1.29, 1.82) is 0 Å². The van der Waals surface area contributed by atoms with E-state index >= 15 is 0 Å². The molecule has 1 aromatic heterocycles. The van der Waals surface area contributed by atoms with Crippen LogP contribution in [0.15, 0.2) is 23.4 Å². The zero-order valence-electron chi connectivity index (χ0n) is 11.7. The molecule has 1 aromatic carbocycles. The minimum absolute atomic E-state index is 0.219. The van der Waals surface area contributed by atoms with E-state index in [2.05, 4.69) is 40.4 Å². The maximum atomic E-state index is 9.35. The van der Waals surface area contributed by atoms with Crippen LogP contribution in [0.1, 0.15) is 24.8 Å². The number of rotatable bonds is 7. The zero-order chi connectivity index (χ0) is 13.9.